The van der Waals surface area contributed by atoms with Crippen molar-refractivity contribution in [2.24, 2.45) is 0 Å². The van der Waals surface area contributed by atoms with E-state index in [-0.39, 0.29) is 0 Å². The Balaban J connectivity index is 2.13. The summed E-state index contributed by atoms with van der Waals surface area (Å²) < 4.78 is 0. The Morgan fingerprint density at radius 1 is 1.00 bits per heavy atom. The van der Waals surface area contributed by atoms with Crippen molar-refractivity contribution in [1.29, 1.82) is 0 Å². The normalized spacial score (nSPS) is 10.0. The number of benzene rings is 2. The van der Waals surface area contributed by atoms with Crippen molar-refractivity contribution in [3.05, 3.63) is 59.7 Å². The maximum atomic E-state index is 12.2. The van der Waals surface area contributed by atoms with Crippen molar-refractivity contribution in [2.75, 3.05) is 17.3 Å². The Morgan fingerprint density at radius 2 is 1.67 bits per heavy atom. The van der Waals surface area contributed by atoms with Gasteiger partial charge in [-0.15, -0.1) is 0 Å². The molecule has 2 aromatic carbocycles. The fourth-order valence-electron chi connectivity index (χ4n) is 1.97. The molecule has 0 aliphatic heterocycles. The molecule has 0 atom stereocenters. The molecule has 0 aliphatic carbocycles. The lowest BCUT2D eigenvalue weighted by molar-refractivity contribution is -0.134. The molecule has 2 aromatic rings. The highest BCUT2D eigenvalue weighted by Gasteiger charge is 2.20. The number of carbonyl (C=O) groups excluding carboxylic acids is 2. The molecule has 2 rings (SSSR count). The van der Waals surface area contributed by atoms with Crippen molar-refractivity contribution in [3.63, 3.8) is 0 Å². The minimum absolute atomic E-state index is 0.595. The molecular formula is C17H18N2O2. The Labute approximate surface area is 124 Å². The first-order valence-electron chi connectivity index (χ1n) is 6.70. The third-order valence-corrected chi connectivity index (χ3v) is 3.28. The SMILES string of the molecule is Cc1ccc(C)c(NC(=O)C(=O)N(C)c2ccccc2)c1. The zero-order valence-corrected chi connectivity index (χ0v) is 12.4. The fraction of sp³-hybridized carbons (Fsp3) is 0.176. The highest BCUT2D eigenvalue weighted by molar-refractivity contribution is 6.44. The van der Waals surface area contributed by atoms with Gasteiger partial charge in [-0.3, -0.25) is 9.59 Å². The minimum atomic E-state index is -0.643. The summed E-state index contributed by atoms with van der Waals surface area (Å²) in [5, 5.41) is 2.67. The van der Waals surface area contributed by atoms with E-state index in [4.69, 9.17) is 0 Å². The number of hydrogen-bond acceptors (Lipinski definition) is 2. The molecule has 0 heterocycles. The van der Waals surface area contributed by atoms with Gasteiger partial charge in [0.25, 0.3) is 0 Å². The van der Waals surface area contributed by atoms with Gasteiger partial charge in [-0.05, 0) is 43.2 Å². The Kier molecular flexibility index (Phi) is 4.38. The molecule has 2 amide bonds. The zero-order valence-electron chi connectivity index (χ0n) is 12.4. The van der Waals surface area contributed by atoms with Gasteiger partial charge in [0.1, 0.15) is 0 Å². The first-order valence-corrected chi connectivity index (χ1v) is 6.70. The fourth-order valence-corrected chi connectivity index (χ4v) is 1.97. The molecule has 21 heavy (non-hydrogen) atoms. The van der Waals surface area contributed by atoms with Crippen LogP contribution >= 0.6 is 0 Å². The monoisotopic (exact) mass is 282 g/mol. The number of carbonyl (C=O) groups is 2. The van der Waals surface area contributed by atoms with Crippen LogP contribution < -0.4 is 10.2 Å². The predicted octanol–water partition coefficient (Wildman–Crippen LogP) is 2.90. The largest absolute Gasteiger partial charge is 0.318 e. The highest BCUT2D eigenvalue weighted by Crippen LogP contribution is 2.17. The second-order valence-corrected chi connectivity index (χ2v) is 4.97. The van der Waals surface area contributed by atoms with E-state index in [0.29, 0.717) is 11.4 Å². The molecule has 0 spiro atoms. The average molecular weight is 282 g/mol. The first kappa shape index (κ1) is 14.8. The van der Waals surface area contributed by atoms with Crippen LogP contribution in [0.15, 0.2) is 48.5 Å². The van der Waals surface area contributed by atoms with Gasteiger partial charge in [-0.2, -0.15) is 0 Å². The van der Waals surface area contributed by atoms with Gasteiger partial charge in [-0.1, -0.05) is 30.3 Å². The summed E-state index contributed by atoms with van der Waals surface area (Å²) in [6.45, 7) is 3.83. The molecule has 0 aliphatic rings. The molecule has 1 N–H and O–H groups in total. The summed E-state index contributed by atoms with van der Waals surface area (Å²) in [4.78, 5) is 25.6. The second-order valence-electron chi connectivity index (χ2n) is 4.97. The van der Waals surface area contributed by atoms with E-state index in [2.05, 4.69) is 5.32 Å². The van der Waals surface area contributed by atoms with E-state index in [1.165, 1.54) is 4.90 Å². The van der Waals surface area contributed by atoms with Gasteiger partial charge in [0.2, 0.25) is 0 Å². The van der Waals surface area contributed by atoms with E-state index in [1.54, 1.807) is 19.2 Å². The quantitative estimate of drug-likeness (QED) is 0.861. The number of aryl methyl sites for hydroxylation is 2. The molecular weight excluding hydrogens is 264 g/mol. The summed E-state index contributed by atoms with van der Waals surface area (Å²) in [7, 11) is 1.58. The van der Waals surface area contributed by atoms with Gasteiger partial charge in [0.15, 0.2) is 0 Å². The van der Waals surface area contributed by atoms with E-state index in [0.717, 1.165) is 11.1 Å². The van der Waals surface area contributed by atoms with E-state index < -0.39 is 11.8 Å². The number of hydrogen-bond donors (Lipinski definition) is 1. The summed E-state index contributed by atoms with van der Waals surface area (Å²) >= 11 is 0. The molecule has 0 fully saturated rings. The average Bonchev–Trinajstić information content (AvgIpc) is 2.50. The third-order valence-electron chi connectivity index (χ3n) is 3.28. The lowest BCUT2D eigenvalue weighted by atomic mass is 10.1. The van der Waals surface area contributed by atoms with Gasteiger partial charge < -0.3 is 10.2 Å². The standard InChI is InChI=1S/C17H18N2O2/c1-12-9-10-13(2)15(11-12)18-16(20)17(21)19(3)14-7-5-4-6-8-14/h4-11H,1-3H3,(H,18,20). The highest BCUT2D eigenvalue weighted by atomic mass is 16.2. The number of para-hydroxylation sites is 1. The summed E-state index contributed by atoms with van der Waals surface area (Å²) in [6, 6.07) is 14.8. The van der Waals surface area contributed by atoms with Crippen molar-refractivity contribution in [2.45, 2.75) is 13.8 Å². The Hall–Kier alpha value is -2.62. The second kappa shape index (κ2) is 6.22. The number of rotatable bonds is 2. The summed E-state index contributed by atoms with van der Waals surface area (Å²) in [5.74, 6) is -1.24. The van der Waals surface area contributed by atoms with Crippen molar-refractivity contribution in [1.82, 2.24) is 0 Å². The number of likely N-dealkylation sites (N-methyl/N-ethyl adjacent to an activating group) is 1. The number of anilines is 2. The lowest BCUT2D eigenvalue weighted by Crippen LogP contribution is -2.37. The Morgan fingerprint density at radius 3 is 2.33 bits per heavy atom. The summed E-state index contributed by atoms with van der Waals surface area (Å²) in [6.07, 6.45) is 0. The van der Waals surface area contributed by atoms with Crippen LogP contribution in [0, 0.1) is 13.8 Å². The topological polar surface area (TPSA) is 49.4 Å². The van der Waals surface area contributed by atoms with Gasteiger partial charge >= 0.3 is 11.8 Å². The molecule has 108 valence electrons. The van der Waals surface area contributed by atoms with Crippen LogP contribution in [0.3, 0.4) is 0 Å². The number of nitrogens with one attached hydrogen (secondary N) is 1. The van der Waals surface area contributed by atoms with E-state index >= 15 is 0 Å². The molecule has 0 saturated carbocycles. The summed E-state index contributed by atoms with van der Waals surface area (Å²) in [5.41, 5.74) is 3.29. The smallest absolute Gasteiger partial charge is 0.316 e. The third kappa shape index (κ3) is 3.48. The Bertz CT molecular complexity index is 666. The molecule has 0 radical (unpaired) electrons. The maximum Gasteiger partial charge on any atom is 0.316 e. The maximum absolute atomic E-state index is 12.2. The van der Waals surface area contributed by atoms with Crippen LogP contribution in [0.5, 0.6) is 0 Å². The van der Waals surface area contributed by atoms with Crippen LogP contribution in [-0.2, 0) is 9.59 Å². The van der Waals surface area contributed by atoms with E-state index in [9.17, 15) is 9.59 Å². The molecule has 0 unspecified atom stereocenters. The minimum Gasteiger partial charge on any atom is -0.318 e. The zero-order chi connectivity index (χ0) is 15.4. The lowest BCUT2D eigenvalue weighted by Gasteiger charge is -2.17. The molecule has 4 heteroatoms. The predicted molar refractivity (Wildman–Crippen MR) is 84.4 cm³/mol. The van der Waals surface area contributed by atoms with Crippen LogP contribution in [-0.4, -0.2) is 18.9 Å². The molecule has 0 saturated heterocycles. The van der Waals surface area contributed by atoms with Crippen molar-refractivity contribution >= 4 is 23.2 Å². The van der Waals surface area contributed by atoms with Gasteiger partial charge in [-0.25, -0.2) is 0 Å². The van der Waals surface area contributed by atoms with Crippen molar-refractivity contribution < 1.29 is 9.59 Å². The van der Waals surface area contributed by atoms with Crippen LogP contribution in [0.2, 0.25) is 0 Å². The van der Waals surface area contributed by atoms with E-state index in [1.807, 2.05) is 50.2 Å². The number of nitrogens with zero attached hydrogens (tertiary/aromatic N) is 1. The number of amides is 2. The first-order chi connectivity index (χ1) is 9.99. The van der Waals surface area contributed by atoms with Crippen LogP contribution in [0.25, 0.3) is 0 Å². The van der Waals surface area contributed by atoms with Crippen LogP contribution in [0.1, 0.15) is 11.1 Å². The molecule has 0 aromatic heterocycles. The van der Waals surface area contributed by atoms with Crippen molar-refractivity contribution in [3.8, 4) is 0 Å². The molecule has 0 bridgehead atoms. The molecule has 4 nitrogen and oxygen atoms in total. The van der Waals surface area contributed by atoms with Gasteiger partial charge in [0, 0.05) is 18.4 Å². The van der Waals surface area contributed by atoms with Crippen LogP contribution in [0.4, 0.5) is 11.4 Å². The van der Waals surface area contributed by atoms with Gasteiger partial charge in [0.05, 0.1) is 0 Å².